The lowest BCUT2D eigenvalue weighted by Crippen LogP contribution is -2.30. The van der Waals surface area contributed by atoms with E-state index >= 15 is 0 Å². The van der Waals surface area contributed by atoms with Crippen molar-refractivity contribution < 1.29 is 5.11 Å². The summed E-state index contributed by atoms with van der Waals surface area (Å²) in [5.41, 5.74) is 0. The van der Waals surface area contributed by atoms with E-state index in [1.807, 2.05) is 0 Å². The minimum atomic E-state index is -0.175. The fraction of sp³-hybridized carbons (Fsp3) is 0.900. The van der Waals surface area contributed by atoms with Gasteiger partial charge >= 0.3 is 0 Å². The topological polar surface area (TPSA) is 47.3 Å². The third kappa shape index (κ3) is 2.98. The molecule has 1 N–H and O–H groups in total. The number of nitriles is 1. The predicted octanol–water partition coefficient (Wildman–Crippen LogP) is 0.849. The molecule has 0 amide bonds. The van der Waals surface area contributed by atoms with E-state index in [0.29, 0.717) is 5.92 Å². The highest BCUT2D eigenvalue weighted by molar-refractivity contribution is 4.89. The molecular weight excluding hydrogens is 164 g/mol. The van der Waals surface area contributed by atoms with Crippen molar-refractivity contribution in [3.63, 3.8) is 0 Å². The van der Waals surface area contributed by atoms with Gasteiger partial charge in [0, 0.05) is 19.6 Å². The molecule has 0 radical (unpaired) electrons. The Kier molecular flexibility index (Phi) is 3.71. The average molecular weight is 182 g/mol. The number of aliphatic hydroxyl groups is 1. The summed E-state index contributed by atoms with van der Waals surface area (Å²) >= 11 is 0. The number of β-amino-alcohol motifs (C(OH)–C–C–N with tert-alkyl or cyclic N) is 1. The summed E-state index contributed by atoms with van der Waals surface area (Å²) in [6.07, 6.45) is 0.683. The highest BCUT2D eigenvalue weighted by Gasteiger charge is 2.23. The number of nitrogens with zero attached hydrogens (tertiary/aromatic N) is 2. The van der Waals surface area contributed by atoms with Crippen LogP contribution in [0.25, 0.3) is 0 Å². The molecule has 1 fully saturated rings. The molecule has 3 heteroatoms. The molecule has 1 rings (SSSR count). The van der Waals surface area contributed by atoms with Gasteiger partial charge in [-0.15, -0.1) is 0 Å². The maximum atomic E-state index is 9.30. The molecule has 1 heterocycles. The molecule has 0 bridgehead atoms. The quantitative estimate of drug-likeness (QED) is 0.704. The van der Waals surface area contributed by atoms with Crippen molar-refractivity contribution in [3.8, 4) is 6.07 Å². The van der Waals surface area contributed by atoms with Gasteiger partial charge in [-0.2, -0.15) is 5.26 Å². The molecule has 1 saturated heterocycles. The van der Waals surface area contributed by atoms with E-state index in [9.17, 15) is 5.11 Å². The summed E-state index contributed by atoms with van der Waals surface area (Å²) in [6.45, 7) is 6.63. The smallest absolute Gasteiger partial charge is 0.0679 e. The van der Waals surface area contributed by atoms with Crippen LogP contribution in [0.15, 0.2) is 0 Å². The minimum absolute atomic E-state index is 0.102. The second-order valence-corrected chi connectivity index (χ2v) is 4.18. The standard InChI is InChI=1S/C10H18N2O/c1-8(2)9(5-11)6-12-4-3-10(13)7-12/h8-10,13H,3-4,6-7H2,1-2H3/t9?,10-/m1/s1. The largest absolute Gasteiger partial charge is 0.392 e. The van der Waals surface area contributed by atoms with Gasteiger partial charge in [0.25, 0.3) is 0 Å². The first-order valence-electron chi connectivity index (χ1n) is 4.93. The van der Waals surface area contributed by atoms with E-state index in [0.717, 1.165) is 26.1 Å². The van der Waals surface area contributed by atoms with E-state index in [1.165, 1.54) is 0 Å². The van der Waals surface area contributed by atoms with E-state index in [-0.39, 0.29) is 12.0 Å². The van der Waals surface area contributed by atoms with Crippen LogP contribution in [0.4, 0.5) is 0 Å². The Morgan fingerprint density at radius 3 is 2.69 bits per heavy atom. The molecule has 3 nitrogen and oxygen atoms in total. The van der Waals surface area contributed by atoms with Crippen molar-refractivity contribution in [2.45, 2.75) is 26.4 Å². The molecule has 13 heavy (non-hydrogen) atoms. The highest BCUT2D eigenvalue weighted by atomic mass is 16.3. The maximum absolute atomic E-state index is 9.30. The van der Waals surface area contributed by atoms with Gasteiger partial charge in [-0.3, -0.25) is 4.90 Å². The zero-order valence-corrected chi connectivity index (χ0v) is 8.40. The third-order valence-electron chi connectivity index (χ3n) is 2.67. The van der Waals surface area contributed by atoms with E-state index in [1.54, 1.807) is 0 Å². The summed E-state index contributed by atoms with van der Waals surface area (Å²) in [6, 6.07) is 2.32. The molecule has 1 aliphatic heterocycles. The van der Waals surface area contributed by atoms with Crippen LogP contribution in [0.5, 0.6) is 0 Å². The summed E-state index contributed by atoms with van der Waals surface area (Å²) in [4.78, 5) is 2.18. The Balaban J connectivity index is 2.35. The zero-order valence-electron chi connectivity index (χ0n) is 8.40. The van der Waals surface area contributed by atoms with E-state index in [4.69, 9.17) is 5.26 Å². The Bertz CT molecular complexity index is 198. The van der Waals surface area contributed by atoms with Gasteiger partial charge in [-0.05, 0) is 12.3 Å². The van der Waals surface area contributed by atoms with Crippen LogP contribution in [0.3, 0.4) is 0 Å². The normalized spacial score (nSPS) is 26.2. The van der Waals surface area contributed by atoms with Crippen molar-refractivity contribution >= 4 is 0 Å². The SMILES string of the molecule is CC(C)C(C#N)CN1CC[C@@H](O)C1. The van der Waals surface area contributed by atoms with Crippen molar-refractivity contribution in [2.24, 2.45) is 11.8 Å². The van der Waals surface area contributed by atoms with E-state index < -0.39 is 0 Å². The Morgan fingerprint density at radius 1 is 1.62 bits per heavy atom. The summed E-state index contributed by atoms with van der Waals surface area (Å²) in [5.74, 6) is 0.507. The first-order chi connectivity index (χ1) is 6.13. The van der Waals surface area contributed by atoms with Crippen molar-refractivity contribution in [3.05, 3.63) is 0 Å². The van der Waals surface area contributed by atoms with Crippen molar-refractivity contribution in [1.29, 1.82) is 5.26 Å². The van der Waals surface area contributed by atoms with Crippen molar-refractivity contribution in [1.82, 2.24) is 4.90 Å². The van der Waals surface area contributed by atoms with Gasteiger partial charge < -0.3 is 5.11 Å². The Labute approximate surface area is 80.0 Å². The lowest BCUT2D eigenvalue weighted by atomic mass is 9.97. The summed E-state index contributed by atoms with van der Waals surface area (Å²) in [5, 5.41) is 18.2. The number of rotatable bonds is 3. The maximum Gasteiger partial charge on any atom is 0.0679 e. The average Bonchev–Trinajstić information content (AvgIpc) is 2.46. The number of hydrogen-bond donors (Lipinski definition) is 1. The third-order valence-corrected chi connectivity index (χ3v) is 2.67. The Morgan fingerprint density at radius 2 is 2.31 bits per heavy atom. The fourth-order valence-electron chi connectivity index (χ4n) is 1.66. The molecule has 0 aromatic heterocycles. The lowest BCUT2D eigenvalue weighted by Gasteiger charge is -2.20. The van der Waals surface area contributed by atoms with Gasteiger partial charge in [-0.25, -0.2) is 0 Å². The van der Waals surface area contributed by atoms with Crippen LogP contribution in [0, 0.1) is 23.2 Å². The molecule has 0 spiro atoms. The predicted molar refractivity (Wildman–Crippen MR) is 51.0 cm³/mol. The van der Waals surface area contributed by atoms with Gasteiger partial charge in [0.05, 0.1) is 18.1 Å². The second-order valence-electron chi connectivity index (χ2n) is 4.18. The van der Waals surface area contributed by atoms with Gasteiger partial charge in [0.15, 0.2) is 0 Å². The van der Waals surface area contributed by atoms with Crippen LogP contribution >= 0.6 is 0 Å². The van der Waals surface area contributed by atoms with Crippen LogP contribution in [0.1, 0.15) is 20.3 Å². The molecule has 0 aliphatic carbocycles. The first-order valence-corrected chi connectivity index (χ1v) is 4.93. The van der Waals surface area contributed by atoms with Crippen LogP contribution in [-0.2, 0) is 0 Å². The Hall–Kier alpha value is -0.590. The molecule has 1 aliphatic rings. The van der Waals surface area contributed by atoms with Crippen molar-refractivity contribution in [2.75, 3.05) is 19.6 Å². The molecule has 0 aromatic rings. The number of likely N-dealkylation sites (tertiary alicyclic amines) is 1. The van der Waals surface area contributed by atoms with Gasteiger partial charge in [0.2, 0.25) is 0 Å². The van der Waals surface area contributed by atoms with Crippen LogP contribution in [-0.4, -0.2) is 35.7 Å². The van der Waals surface area contributed by atoms with Gasteiger partial charge in [0.1, 0.15) is 0 Å². The molecule has 0 saturated carbocycles. The monoisotopic (exact) mass is 182 g/mol. The summed E-state index contributed by atoms with van der Waals surface area (Å²) < 4.78 is 0. The second kappa shape index (κ2) is 4.59. The minimum Gasteiger partial charge on any atom is -0.392 e. The highest BCUT2D eigenvalue weighted by Crippen LogP contribution is 2.15. The van der Waals surface area contributed by atoms with Crippen LogP contribution in [0.2, 0.25) is 0 Å². The lowest BCUT2D eigenvalue weighted by molar-refractivity contribution is 0.170. The number of hydrogen-bond acceptors (Lipinski definition) is 3. The molecule has 74 valence electrons. The molecule has 0 aromatic carbocycles. The molecule has 1 unspecified atom stereocenters. The van der Waals surface area contributed by atoms with E-state index in [2.05, 4.69) is 24.8 Å². The van der Waals surface area contributed by atoms with Gasteiger partial charge in [-0.1, -0.05) is 13.8 Å². The number of aliphatic hydroxyl groups excluding tert-OH is 1. The fourth-order valence-corrected chi connectivity index (χ4v) is 1.66. The molecular formula is C10H18N2O. The molecule has 2 atom stereocenters. The van der Waals surface area contributed by atoms with Crippen LogP contribution < -0.4 is 0 Å². The zero-order chi connectivity index (χ0) is 9.84. The first kappa shape index (κ1) is 10.5. The summed E-state index contributed by atoms with van der Waals surface area (Å²) in [7, 11) is 0.